The zero-order valence-electron chi connectivity index (χ0n) is 14.1. The molecule has 1 aromatic rings. The third kappa shape index (κ3) is 4.13. The lowest BCUT2D eigenvalue weighted by molar-refractivity contribution is -0.310. The number of methoxy groups -OCH3 is 1. The van der Waals surface area contributed by atoms with E-state index in [9.17, 15) is 14.7 Å². The van der Waals surface area contributed by atoms with Crippen LogP contribution in [0, 0.1) is 0 Å². The van der Waals surface area contributed by atoms with Crippen molar-refractivity contribution in [2.24, 2.45) is 0 Å². The smallest absolute Gasteiger partial charge is 0.266 e. The number of amides is 1. The molecule has 1 saturated heterocycles. The summed E-state index contributed by atoms with van der Waals surface area (Å²) in [6, 6.07) is 4.22. The molecule has 0 unspecified atom stereocenters. The molecule has 134 valence electrons. The number of carbonyl (C=O) groups excluding carboxylic acids is 2. The van der Waals surface area contributed by atoms with Crippen molar-refractivity contribution in [3.63, 3.8) is 0 Å². The summed E-state index contributed by atoms with van der Waals surface area (Å²) in [5.74, 6) is -0.591. The van der Waals surface area contributed by atoms with Gasteiger partial charge in [0.25, 0.3) is 5.91 Å². The Labute approximate surface area is 155 Å². The third-order valence-corrected chi connectivity index (χ3v) is 4.91. The maximum Gasteiger partial charge on any atom is 0.266 e. The Morgan fingerprint density at radius 2 is 2.12 bits per heavy atom. The molecular weight excluding hydrogens is 362 g/mol. The van der Waals surface area contributed by atoms with Crippen molar-refractivity contribution in [1.82, 2.24) is 4.90 Å². The van der Waals surface area contributed by atoms with E-state index in [-0.39, 0.29) is 10.7 Å². The fourth-order valence-electron chi connectivity index (χ4n) is 2.40. The van der Waals surface area contributed by atoms with Gasteiger partial charge in [0, 0.05) is 0 Å². The molecule has 2 rings (SSSR count). The van der Waals surface area contributed by atoms with E-state index in [1.165, 1.54) is 7.11 Å². The monoisotopic (exact) mass is 380 g/mol. The number of hydrogen-bond donors (Lipinski definition) is 0. The van der Waals surface area contributed by atoms with Gasteiger partial charge in [-0.2, -0.15) is 0 Å². The van der Waals surface area contributed by atoms with E-state index >= 15 is 0 Å². The van der Waals surface area contributed by atoms with Gasteiger partial charge < -0.3 is 19.4 Å². The molecule has 0 aromatic heterocycles. The lowest BCUT2D eigenvalue weighted by Gasteiger charge is -2.26. The number of thioether (sulfide) groups is 1. The molecule has 1 aromatic carbocycles. The Balaban J connectivity index is 2.31. The lowest BCUT2D eigenvalue weighted by Crippen LogP contribution is -2.49. The molecule has 1 aliphatic heterocycles. The zero-order chi connectivity index (χ0) is 18.6. The fraction of sp³-hybridized carbons (Fsp3) is 0.353. The summed E-state index contributed by atoms with van der Waals surface area (Å²) < 4.78 is 11.0. The molecule has 0 spiro atoms. The van der Waals surface area contributed by atoms with Crippen LogP contribution in [0.4, 0.5) is 0 Å². The van der Waals surface area contributed by atoms with Crippen LogP contribution in [0.3, 0.4) is 0 Å². The Bertz CT molecular complexity index is 732. The van der Waals surface area contributed by atoms with Gasteiger partial charge in [-0.3, -0.25) is 9.69 Å². The van der Waals surface area contributed by atoms with Crippen molar-refractivity contribution in [2.45, 2.75) is 26.3 Å². The van der Waals surface area contributed by atoms with Crippen LogP contribution in [0.1, 0.15) is 25.8 Å². The van der Waals surface area contributed by atoms with E-state index in [4.69, 9.17) is 21.7 Å². The first-order valence-corrected chi connectivity index (χ1v) is 8.94. The SMILES string of the molecule is CCOc1ccc(/C=C2/SC(=S)N([C@H](CC)C(=O)[O-])C2=O)cc1OC. The number of ether oxygens (including phenoxy) is 2. The molecule has 8 heteroatoms. The highest BCUT2D eigenvalue weighted by molar-refractivity contribution is 8.26. The van der Waals surface area contributed by atoms with Crippen molar-refractivity contribution < 1.29 is 24.2 Å². The summed E-state index contributed by atoms with van der Waals surface area (Å²) in [5.41, 5.74) is 0.724. The van der Waals surface area contributed by atoms with Crippen LogP contribution >= 0.6 is 24.0 Å². The maximum atomic E-state index is 12.6. The van der Waals surface area contributed by atoms with Crippen LogP contribution in [-0.2, 0) is 9.59 Å². The molecule has 1 aliphatic rings. The van der Waals surface area contributed by atoms with Crippen LogP contribution in [0.2, 0.25) is 0 Å². The van der Waals surface area contributed by atoms with Crippen LogP contribution < -0.4 is 14.6 Å². The molecule has 0 aliphatic carbocycles. The molecule has 1 amide bonds. The summed E-state index contributed by atoms with van der Waals surface area (Å²) in [7, 11) is 1.53. The Hall–Kier alpha value is -2.06. The molecule has 0 bridgehead atoms. The van der Waals surface area contributed by atoms with E-state index in [0.29, 0.717) is 23.0 Å². The Morgan fingerprint density at radius 1 is 1.40 bits per heavy atom. The minimum atomic E-state index is -1.32. The maximum absolute atomic E-state index is 12.6. The van der Waals surface area contributed by atoms with Gasteiger partial charge in [-0.25, -0.2) is 0 Å². The van der Waals surface area contributed by atoms with Crippen molar-refractivity contribution in [3.05, 3.63) is 28.7 Å². The Morgan fingerprint density at radius 3 is 2.68 bits per heavy atom. The van der Waals surface area contributed by atoms with Crippen LogP contribution in [-0.4, -0.2) is 40.9 Å². The highest BCUT2D eigenvalue weighted by Gasteiger charge is 2.37. The van der Waals surface area contributed by atoms with Gasteiger partial charge in [0.1, 0.15) is 4.32 Å². The lowest BCUT2D eigenvalue weighted by atomic mass is 10.1. The van der Waals surface area contributed by atoms with E-state index in [0.717, 1.165) is 22.2 Å². The molecule has 25 heavy (non-hydrogen) atoms. The first kappa shape index (κ1) is 19.3. The van der Waals surface area contributed by atoms with Crippen molar-refractivity contribution in [2.75, 3.05) is 13.7 Å². The number of nitrogens with zero attached hydrogens (tertiary/aromatic N) is 1. The van der Waals surface area contributed by atoms with Gasteiger partial charge in [0.2, 0.25) is 0 Å². The van der Waals surface area contributed by atoms with E-state index in [1.54, 1.807) is 31.2 Å². The average molecular weight is 380 g/mol. The number of carbonyl (C=O) groups is 2. The summed E-state index contributed by atoms with van der Waals surface area (Å²) in [4.78, 5) is 25.2. The summed E-state index contributed by atoms with van der Waals surface area (Å²) in [6.07, 6.45) is 1.87. The standard InChI is InChI=1S/C17H19NO5S2/c1-4-11(16(20)21)18-15(19)14(25-17(18)24)9-10-6-7-12(23-5-2)13(8-10)22-3/h6-9,11H,4-5H2,1-3H3,(H,20,21)/p-1/b14-9+/t11-/m1/s1. The molecular formula is C17H18NO5S2-. The largest absolute Gasteiger partial charge is 0.548 e. The molecule has 0 N–H and O–H groups in total. The number of carboxylic acids is 1. The van der Waals surface area contributed by atoms with Crippen molar-refractivity contribution in [1.29, 1.82) is 0 Å². The first-order chi connectivity index (χ1) is 11.9. The fourth-order valence-corrected chi connectivity index (χ4v) is 3.76. The molecule has 0 radical (unpaired) electrons. The van der Waals surface area contributed by atoms with Crippen LogP contribution in [0.25, 0.3) is 6.08 Å². The third-order valence-electron chi connectivity index (χ3n) is 3.58. The quantitative estimate of drug-likeness (QED) is 0.527. The Kier molecular flexibility index (Phi) is 6.44. The minimum absolute atomic E-state index is 0.213. The molecule has 1 fully saturated rings. The van der Waals surface area contributed by atoms with Gasteiger partial charge in [0.15, 0.2) is 11.5 Å². The summed E-state index contributed by atoms with van der Waals surface area (Å²) in [5, 5.41) is 11.2. The first-order valence-electron chi connectivity index (χ1n) is 7.71. The highest BCUT2D eigenvalue weighted by atomic mass is 32.2. The van der Waals surface area contributed by atoms with Gasteiger partial charge in [0.05, 0.1) is 30.6 Å². The van der Waals surface area contributed by atoms with Crippen molar-refractivity contribution >= 4 is 46.3 Å². The van der Waals surface area contributed by atoms with Gasteiger partial charge >= 0.3 is 0 Å². The predicted octanol–water partition coefficient (Wildman–Crippen LogP) is 1.82. The number of rotatable bonds is 7. The average Bonchev–Trinajstić information content (AvgIpc) is 2.84. The van der Waals surface area contributed by atoms with Gasteiger partial charge in [-0.1, -0.05) is 37.0 Å². The summed E-state index contributed by atoms with van der Waals surface area (Å²) >= 11 is 6.24. The molecule has 0 saturated carbocycles. The topological polar surface area (TPSA) is 78.9 Å². The normalized spacial score (nSPS) is 17.1. The molecule has 1 heterocycles. The van der Waals surface area contributed by atoms with Gasteiger partial charge in [-0.15, -0.1) is 0 Å². The van der Waals surface area contributed by atoms with E-state index in [1.807, 2.05) is 6.92 Å². The second-order valence-corrected chi connectivity index (χ2v) is 6.81. The number of aliphatic carboxylic acids is 1. The van der Waals surface area contributed by atoms with E-state index < -0.39 is 17.9 Å². The second kappa shape index (κ2) is 8.35. The zero-order valence-corrected chi connectivity index (χ0v) is 15.7. The van der Waals surface area contributed by atoms with Gasteiger partial charge in [-0.05, 0) is 37.1 Å². The van der Waals surface area contributed by atoms with Crippen LogP contribution in [0.5, 0.6) is 11.5 Å². The predicted molar refractivity (Wildman–Crippen MR) is 98.3 cm³/mol. The number of benzene rings is 1. The summed E-state index contributed by atoms with van der Waals surface area (Å²) in [6.45, 7) is 4.05. The van der Waals surface area contributed by atoms with E-state index in [2.05, 4.69) is 0 Å². The minimum Gasteiger partial charge on any atom is -0.548 e. The number of thiocarbonyl (C=S) groups is 1. The van der Waals surface area contributed by atoms with Crippen molar-refractivity contribution in [3.8, 4) is 11.5 Å². The molecule has 6 nitrogen and oxygen atoms in total. The highest BCUT2D eigenvalue weighted by Crippen LogP contribution is 2.36. The number of carboxylic acid groups (broad SMARTS) is 1. The molecule has 1 atom stereocenters. The second-order valence-electron chi connectivity index (χ2n) is 5.14. The van der Waals surface area contributed by atoms with Crippen LogP contribution in [0.15, 0.2) is 23.1 Å². The number of hydrogen-bond acceptors (Lipinski definition) is 7.